The number of ether oxygens (including phenoxy) is 2. The number of methoxy groups -OCH3 is 1. The number of hydrogen-bond donors (Lipinski definition) is 0. The summed E-state index contributed by atoms with van der Waals surface area (Å²) in [5.74, 6) is -1.41. The van der Waals surface area contributed by atoms with Crippen molar-refractivity contribution in [3.05, 3.63) is 65.5 Å². The van der Waals surface area contributed by atoms with Crippen LogP contribution in [0.5, 0.6) is 0 Å². The van der Waals surface area contributed by atoms with Gasteiger partial charge < -0.3 is 14.4 Å². The van der Waals surface area contributed by atoms with E-state index in [0.29, 0.717) is 37.6 Å². The molecule has 1 fully saturated rings. The molecule has 2 aromatic rings. The van der Waals surface area contributed by atoms with E-state index in [2.05, 4.69) is 4.74 Å². The van der Waals surface area contributed by atoms with E-state index in [1.165, 1.54) is 19.2 Å². The van der Waals surface area contributed by atoms with E-state index in [1.807, 2.05) is 30.3 Å². The van der Waals surface area contributed by atoms with Crippen LogP contribution < -0.4 is 4.90 Å². The molecule has 1 aliphatic rings. The Morgan fingerprint density at radius 3 is 2.48 bits per heavy atom. The first-order valence-electron chi connectivity index (χ1n) is 8.66. The number of urea groups is 1. The lowest BCUT2D eigenvalue weighted by Gasteiger charge is -2.33. The molecule has 142 valence electrons. The Bertz CT molecular complexity index is 807. The number of carbonyl (C=O) groups excluding carboxylic acids is 2. The molecular weight excluding hydrogens is 351 g/mol. The van der Waals surface area contributed by atoms with Gasteiger partial charge in [0.2, 0.25) is 0 Å². The van der Waals surface area contributed by atoms with Crippen molar-refractivity contribution < 1.29 is 23.5 Å². The van der Waals surface area contributed by atoms with Crippen molar-refractivity contribution in [2.24, 2.45) is 0 Å². The van der Waals surface area contributed by atoms with E-state index in [1.54, 1.807) is 15.9 Å². The van der Waals surface area contributed by atoms with Crippen molar-refractivity contribution in [2.75, 3.05) is 38.3 Å². The normalized spacial score (nSPS) is 13.9. The molecule has 1 aliphatic heterocycles. The number of benzene rings is 2. The third-order valence-electron chi connectivity index (χ3n) is 4.36. The van der Waals surface area contributed by atoms with E-state index >= 15 is 0 Å². The van der Waals surface area contributed by atoms with Gasteiger partial charge in [-0.05, 0) is 29.8 Å². The maximum absolute atomic E-state index is 14.3. The van der Waals surface area contributed by atoms with Crippen LogP contribution in [0.4, 0.5) is 14.9 Å². The van der Waals surface area contributed by atoms with Crippen LogP contribution in [0, 0.1) is 5.82 Å². The Labute approximate surface area is 157 Å². The molecule has 0 radical (unpaired) electrons. The van der Waals surface area contributed by atoms with Gasteiger partial charge in [0, 0.05) is 18.8 Å². The predicted molar refractivity (Wildman–Crippen MR) is 98.2 cm³/mol. The SMILES string of the molecule is COC(=O)c1ccc(CN(C(=O)N2CCOCC2)c2ccccc2)cc1F. The Morgan fingerprint density at radius 1 is 1.15 bits per heavy atom. The van der Waals surface area contributed by atoms with Gasteiger partial charge in [0.15, 0.2) is 0 Å². The van der Waals surface area contributed by atoms with Crippen molar-refractivity contribution >= 4 is 17.7 Å². The van der Waals surface area contributed by atoms with Crippen LogP contribution in [0.15, 0.2) is 48.5 Å². The zero-order valence-electron chi connectivity index (χ0n) is 15.1. The third kappa shape index (κ3) is 4.43. The smallest absolute Gasteiger partial charge is 0.340 e. The molecule has 27 heavy (non-hydrogen) atoms. The number of nitrogens with zero attached hydrogens (tertiary/aromatic N) is 2. The van der Waals surface area contributed by atoms with Crippen LogP contribution in [-0.2, 0) is 16.0 Å². The van der Waals surface area contributed by atoms with Gasteiger partial charge in [0.1, 0.15) is 5.82 Å². The van der Waals surface area contributed by atoms with Crippen LogP contribution in [0.25, 0.3) is 0 Å². The molecule has 7 heteroatoms. The number of carbonyl (C=O) groups is 2. The molecule has 3 rings (SSSR count). The summed E-state index contributed by atoms with van der Waals surface area (Å²) in [7, 11) is 1.20. The summed E-state index contributed by atoms with van der Waals surface area (Å²) in [6.07, 6.45) is 0. The topological polar surface area (TPSA) is 59.1 Å². The van der Waals surface area contributed by atoms with Crippen LogP contribution in [-0.4, -0.2) is 50.3 Å². The van der Waals surface area contributed by atoms with Gasteiger partial charge in [-0.25, -0.2) is 14.0 Å². The number of hydrogen-bond acceptors (Lipinski definition) is 4. The summed E-state index contributed by atoms with van der Waals surface area (Å²) in [6, 6.07) is 13.3. The maximum Gasteiger partial charge on any atom is 0.340 e. The van der Waals surface area contributed by atoms with E-state index in [0.717, 1.165) is 0 Å². The molecule has 0 aliphatic carbocycles. The van der Waals surface area contributed by atoms with Crippen molar-refractivity contribution in [2.45, 2.75) is 6.54 Å². The zero-order chi connectivity index (χ0) is 19.2. The van der Waals surface area contributed by atoms with Crippen molar-refractivity contribution in [3.63, 3.8) is 0 Å². The Hall–Kier alpha value is -2.93. The number of para-hydroxylation sites is 1. The van der Waals surface area contributed by atoms with E-state index in [4.69, 9.17) is 4.74 Å². The van der Waals surface area contributed by atoms with Crippen LogP contribution in [0.3, 0.4) is 0 Å². The average molecular weight is 372 g/mol. The minimum Gasteiger partial charge on any atom is -0.465 e. The van der Waals surface area contributed by atoms with Gasteiger partial charge in [-0.15, -0.1) is 0 Å². The van der Waals surface area contributed by atoms with Crippen molar-refractivity contribution in [1.29, 1.82) is 0 Å². The summed E-state index contributed by atoms with van der Waals surface area (Å²) in [6.45, 7) is 2.20. The Kier molecular flexibility index (Phi) is 6.03. The van der Waals surface area contributed by atoms with Gasteiger partial charge in [-0.3, -0.25) is 4.90 Å². The Morgan fingerprint density at radius 2 is 1.85 bits per heavy atom. The molecule has 0 atom stereocenters. The lowest BCUT2D eigenvalue weighted by Crippen LogP contribution is -2.48. The maximum atomic E-state index is 14.3. The number of morpholine rings is 1. The third-order valence-corrected chi connectivity index (χ3v) is 4.36. The van der Waals surface area contributed by atoms with Gasteiger partial charge >= 0.3 is 12.0 Å². The fourth-order valence-corrected chi connectivity index (χ4v) is 2.92. The molecule has 0 N–H and O–H groups in total. The number of amides is 2. The minimum atomic E-state index is -0.733. The van der Waals surface area contributed by atoms with Gasteiger partial charge in [-0.1, -0.05) is 24.3 Å². The molecule has 0 unspecified atom stereocenters. The summed E-state index contributed by atoms with van der Waals surface area (Å²) in [5.41, 5.74) is 1.16. The first kappa shape index (κ1) is 18.8. The molecular formula is C20H21FN2O4. The lowest BCUT2D eigenvalue weighted by molar-refractivity contribution is 0.0548. The average Bonchev–Trinajstić information content (AvgIpc) is 2.72. The lowest BCUT2D eigenvalue weighted by atomic mass is 10.1. The van der Waals surface area contributed by atoms with Crippen LogP contribution in [0.1, 0.15) is 15.9 Å². The van der Waals surface area contributed by atoms with Crippen molar-refractivity contribution in [1.82, 2.24) is 4.90 Å². The quantitative estimate of drug-likeness (QED) is 0.774. The number of esters is 1. The standard InChI is InChI=1S/C20H21FN2O4/c1-26-19(24)17-8-7-15(13-18(17)21)14-23(16-5-3-2-4-6-16)20(25)22-9-11-27-12-10-22/h2-8,13H,9-12,14H2,1H3. The van der Waals surface area contributed by atoms with Gasteiger partial charge in [0.05, 0.1) is 32.4 Å². The van der Waals surface area contributed by atoms with Gasteiger partial charge in [-0.2, -0.15) is 0 Å². The molecule has 0 spiro atoms. The van der Waals surface area contributed by atoms with E-state index in [-0.39, 0.29) is 18.1 Å². The second-order valence-electron chi connectivity index (χ2n) is 6.11. The highest BCUT2D eigenvalue weighted by Crippen LogP contribution is 2.21. The van der Waals surface area contributed by atoms with Crippen LogP contribution in [0.2, 0.25) is 0 Å². The first-order chi connectivity index (χ1) is 13.1. The van der Waals surface area contributed by atoms with E-state index in [9.17, 15) is 14.0 Å². The summed E-state index contributed by atoms with van der Waals surface area (Å²) < 4.78 is 24.1. The molecule has 6 nitrogen and oxygen atoms in total. The summed E-state index contributed by atoms with van der Waals surface area (Å²) in [4.78, 5) is 27.9. The van der Waals surface area contributed by atoms with Crippen molar-refractivity contribution in [3.8, 4) is 0 Å². The highest BCUT2D eigenvalue weighted by molar-refractivity contribution is 5.92. The molecule has 0 bridgehead atoms. The van der Waals surface area contributed by atoms with Crippen LogP contribution >= 0.6 is 0 Å². The highest BCUT2D eigenvalue weighted by atomic mass is 19.1. The van der Waals surface area contributed by atoms with Gasteiger partial charge in [0.25, 0.3) is 0 Å². The monoisotopic (exact) mass is 372 g/mol. The highest BCUT2D eigenvalue weighted by Gasteiger charge is 2.25. The fraction of sp³-hybridized carbons (Fsp3) is 0.300. The molecule has 2 amide bonds. The fourth-order valence-electron chi connectivity index (χ4n) is 2.92. The number of halogens is 1. The minimum absolute atomic E-state index is 0.132. The summed E-state index contributed by atoms with van der Waals surface area (Å²) in [5, 5.41) is 0. The molecule has 0 aromatic heterocycles. The second-order valence-corrected chi connectivity index (χ2v) is 6.11. The molecule has 0 saturated carbocycles. The number of rotatable bonds is 4. The number of anilines is 1. The molecule has 2 aromatic carbocycles. The predicted octanol–water partition coefficient (Wildman–Crippen LogP) is 3.07. The Balaban J connectivity index is 1.86. The second kappa shape index (κ2) is 8.64. The molecule has 1 saturated heterocycles. The largest absolute Gasteiger partial charge is 0.465 e. The van der Waals surface area contributed by atoms with E-state index < -0.39 is 11.8 Å². The first-order valence-corrected chi connectivity index (χ1v) is 8.66. The molecule has 1 heterocycles. The zero-order valence-corrected chi connectivity index (χ0v) is 15.1. The summed E-state index contributed by atoms with van der Waals surface area (Å²) >= 11 is 0.